The second-order valence-corrected chi connectivity index (χ2v) is 6.20. The molecule has 0 saturated heterocycles. The van der Waals surface area contributed by atoms with E-state index >= 15 is 0 Å². The number of hydrogen-bond donors (Lipinski definition) is 1. The lowest BCUT2D eigenvalue weighted by Gasteiger charge is -2.12. The first-order valence-corrected chi connectivity index (χ1v) is 7.24. The number of carbonyl (C=O) groups is 1. The molecule has 6 heteroatoms. The maximum Gasteiger partial charge on any atom is 0.306 e. The highest BCUT2D eigenvalue weighted by atomic mass is 32.2. The fourth-order valence-electron chi connectivity index (χ4n) is 1.56. The van der Waals surface area contributed by atoms with Crippen molar-refractivity contribution in [1.82, 2.24) is 0 Å². The van der Waals surface area contributed by atoms with E-state index in [-0.39, 0.29) is 11.3 Å². The summed E-state index contributed by atoms with van der Waals surface area (Å²) in [6, 6.07) is 4.46. The first-order valence-electron chi connectivity index (χ1n) is 5.35. The van der Waals surface area contributed by atoms with Crippen molar-refractivity contribution in [2.75, 3.05) is 13.4 Å². The van der Waals surface area contributed by atoms with Crippen molar-refractivity contribution in [3.8, 4) is 5.75 Å². The fourth-order valence-corrected chi connectivity index (χ4v) is 2.23. The SMILES string of the molecule is COc1ccc(S(C)(=O)=O)cc1CC(C)C(=O)O. The first kappa shape index (κ1) is 14.5. The van der Waals surface area contributed by atoms with Crippen LogP contribution in [0.25, 0.3) is 0 Å². The highest BCUT2D eigenvalue weighted by Crippen LogP contribution is 2.25. The Bertz CT molecular complexity index is 548. The van der Waals surface area contributed by atoms with Crippen molar-refractivity contribution in [1.29, 1.82) is 0 Å². The van der Waals surface area contributed by atoms with E-state index in [1.54, 1.807) is 13.0 Å². The van der Waals surface area contributed by atoms with Crippen LogP contribution in [-0.2, 0) is 21.1 Å². The Labute approximate surface area is 106 Å². The molecule has 1 aromatic carbocycles. The zero-order valence-electron chi connectivity index (χ0n) is 10.5. The molecular formula is C12H16O5S. The number of benzene rings is 1. The lowest BCUT2D eigenvalue weighted by molar-refractivity contribution is -0.141. The summed E-state index contributed by atoms with van der Waals surface area (Å²) in [5.74, 6) is -1.04. The van der Waals surface area contributed by atoms with E-state index in [4.69, 9.17) is 9.84 Å². The number of hydrogen-bond acceptors (Lipinski definition) is 4. The molecule has 18 heavy (non-hydrogen) atoms. The summed E-state index contributed by atoms with van der Waals surface area (Å²) in [7, 11) is -1.85. The van der Waals surface area contributed by atoms with Gasteiger partial charge < -0.3 is 9.84 Å². The smallest absolute Gasteiger partial charge is 0.306 e. The molecule has 0 radical (unpaired) electrons. The van der Waals surface area contributed by atoms with Crippen LogP contribution in [0.1, 0.15) is 12.5 Å². The number of ether oxygens (including phenoxy) is 1. The second kappa shape index (κ2) is 5.39. The zero-order valence-corrected chi connectivity index (χ0v) is 11.3. The van der Waals surface area contributed by atoms with E-state index < -0.39 is 21.7 Å². The molecule has 0 bridgehead atoms. The van der Waals surface area contributed by atoms with Crippen LogP contribution in [0.3, 0.4) is 0 Å². The third-order valence-electron chi connectivity index (χ3n) is 2.63. The number of methoxy groups -OCH3 is 1. The van der Waals surface area contributed by atoms with Crippen molar-refractivity contribution >= 4 is 15.8 Å². The van der Waals surface area contributed by atoms with Gasteiger partial charge in [-0.3, -0.25) is 4.79 Å². The Kier molecular flexibility index (Phi) is 4.34. The topological polar surface area (TPSA) is 80.7 Å². The maximum atomic E-state index is 11.4. The molecule has 0 heterocycles. The van der Waals surface area contributed by atoms with E-state index in [1.165, 1.54) is 19.2 Å². The summed E-state index contributed by atoms with van der Waals surface area (Å²) >= 11 is 0. The van der Waals surface area contributed by atoms with Gasteiger partial charge in [0.05, 0.1) is 17.9 Å². The number of rotatable bonds is 5. The summed E-state index contributed by atoms with van der Waals surface area (Å²) in [5, 5.41) is 8.88. The monoisotopic (exact) mass is 272 g/mol. The molecule has 5 nitrogen and oxygen atoms in total. The molecule has 0 amide bonds. The van der Waals surface area contributed by atoms with Crippen molar-refractivity contribution in [2.45, 2.75) is 18.2 Å². The molecule has 0 aliphatic carbocycles. The average molecular weight is 272 g/mol. The molecule has 0 aromatic heterocycles. The molecule has 0 aliphatic rings. The lowest BCUT2D eigenvalue weighted by Crippen LogP contribution is -2.13. The largest absolute Gasteiger partial charge is 0.496 e. The minimum absolute atomic E-state index is 0.163. The van der Waals surface area contributed by atoms with Gasteiger partial charge in [-0.25, -0.2) is 8.42 Å². The van der Waals surface area contributed by atoms with Crippen molar-refractivity contribution in [2.24, 2.45) is 5.92 Å². The number of carboxylic acids is 1. The molecule has 1 atom stereocenters. The van der Waals surface area contributed by atoms with E-state index in [0.29, 0.717) is 11.3 Å². The molecule has 0 fully saturated rings. The zero-order chi connectivity index (χ0) is 13.9. The molecule has 0 spiro atoms. The maximum absolute atomic E-state index is 11.4. The summed E-state index contributed by atoms with van der Waals surface area (Å²) in [5.41, 5.74) is 0.579. The number of carboxylic acid groups (broad SMARTS) is 1. The molecule has 1 rings (SSSR count). The van der Waals surface area contributed by atoms with Crippen LogP contribution < -0.4 is 4.74 Å². The highest BCUT2D eigenvalue weighted by Gasteiger charge is 2.17. The molecule has 1 unspecified atom stereocenters. The normalized spacial score (nSPS) is 13.1. The van der Waals surface area contributed by atoms with Gasteiger partial charge in [-0.15, -0.1) is 0 Å². The molecule has 1 N–H and O–H groups in total. The molecule has 0 saturated carbocycles. The lowest BCUT2D eigenvalue weighted by atomic mass is 10.0. The van der Waals surface area contributed by atoms with Crippen molar-refractivity contribution in [3.63, 3.8) is 0 Å². The molecular weight excluding hydrogens is 256 g/mol. The Morgan fingerprint density at radius 2 is 2.06 bits per heavy atom. The van der Waals surface area contributed by atoms with Crippen LogP contribution in [0.2, 0.25) is 0 Å². The number of aliphatic carboxylic acids is 1. The van der Waals surface area contributed by atoms with Gasteiger partial charge in [0.15, 0.2) is 9.84 Å². The van der Waals surface area contributed by atoms with E-state index in [1.807, 2.05) is 0 Å². The summed E-state index contributed by atoms with van der Waals surface area (Å²) in [6.07, 6.45) is 1.33. The van der Waals surface area contributed by atoms with Crippen LogP contribution in [0.15, 0.2) is 23.1 Å². The standard InChI is InChI=1S/C12H16O5S/c1-8(12(13)14)6-9-7-10(18(3,15)16)4-5-11(9)17-2/h4-5,7-8H,6H2,1-3H3,(H,13,14). The summed E-state index contributed by atoms with van der Waals surface area (Å²) in [6.45, 7) is 1.56. The highest BCUT2D eigenvalue weighted by molar-refractivity contribution is 7.90. The first-order chi connectivity index (χ1) is 8.25. The Hall–Kier alpha value is -1.56. The predicted molar refractivity (Wildman–Crippen MR) is 66.6 cm³/mol. The van der Waals surface area contributed by atoms with Gasteiger partial charge >= 0.3 is 5.97 Å². The van der Waals surface area contributed by atoms with Crippen LogP contribution in [0, 0.1) is 5.92 Å². The minimum Gasteiger partial charge on any atom is -0.496 e. The van der Waals surface area contributed by atoms with Gasteiger partial charge in [-0.2, -0.15) is 0 Å². The van der Waals surface area contributed by atoms with Gasteiger partial charge in [0, 0.05) is 6.26 Å². The van der Waals surface area contributed by atoms with Gasteiger partial charge in [0.1, 0.15) is 5.75 Å². The Morgan fingerprint density at radius 1 is 1.44 bits per heavy atom. The van der Waals surface area contributed by atoms with Gasteiger partial charge in [-0.1, -0.05) is 6.92 Å². The minimum atomic E-state index is -3.31. The molecule has 100 valence electrons. The third kappa shape index (κ3) is 3.46. The molecule has 0 aliphatic heterocycles. The van der Waals surface area contributed by atoms with Crippen LogP contribution in [-0.4, -0.2) is 32.9 Å². The molecule has 1 aromatic rings. The predicted octanol–water partition coefficient (Wildman–Crippen LogP) is 1.36. The number of sulfone groups is 1. The van der Waals surface area contributed by atoms with E-state index in [2.05, 4.69) is 0 Å². The van der Waals surface area contributed by atoms with Crippen LogP contribution in [0.4, 0.5) is 0 Å². The Balaban J connectivity index is 3.19. The Morgan fingerprint density at radius 3 is 2.50 bits per heavy atom. The van der Waals surface area contributed by atoms with E-state index in [9.17, 15) is 13.2 Å². The van der Waals surface area contributed by atoms with E-state index in [0.717, 1.165) is 6.26 Å². The summed E-state index contributed by atoms with van der Waals surface area (Å²) < 4.78 is 28.0. The fraction of sp³-hybridized carbons (Fsp3) is 0.417. The van der Waals surface area contributed by atoms with Gasteiger partial charge in [0.2, 0.25) is 0 Å². The quantitative estimate of drug-likeness (QED) is 0.875. The van der Waals surface area contributed by atoms with Crippen molar-refractivity contribution in [3.05, 3.63) is 23.8 Å². The summed E-state index contributed by atoms with van der Waals surface area (Å²) in [4.78, 5) is 11.0. The van der Waals surface area contributed by atoms with Gasteiger partial charge in [0.25, 0.3) is 0 Å². The van der Waals surface area contributed by atoms with Gasteiger partial charge in [-0.05, 0) is 30.2 Å². The van der Waals surface area contributed by atoms with Crippen molar-refractivity contribution < 1.29 is 23.1 Å². The van der Waals surface area contributed by atoms with Crippen LogP contribution >= 0.6 is 0 Å². The average Bonchev–Trinajstić information content (AvgIpc) is 2.27. The second-order valence-electron chi connectivity index (χ2n) is 4.19. The van der Waals surface area contributed by atoms with Crippen LogP contribution in [0.5, 0.6) is 5.75 Å². The third-order valence-corrected chi connectivity index (χ3v) is 3.74.